The van der Waals surface area contributed by atoms with Crippen LogP contribution in [0.3, 0.4) is 0 Å². The number of para-hydroxylation sites is 1. The summed E-state index contributed by atoms with van der Waals surface area (Å²) < 4.78 is 6.32. The standard InChI is InChI=1S/C17H13NO4/c1-22-13-7-4-6-12(9-13)16(19)18-14-8-3-2-5-11(14)10-15(18)17(20)21/h2-10H,1H3,(H,20,21). The minimum Gasteiger partial charge on any atom is -0.497 e. The van der Waals surface area contributed by atoms with Crippen LogP contribution in [-0.2, 0) is 0 Å². The van der Waals surface area contributed by atoms with Gasteiger partial charge >= 0.3 is 5.97 Å². The molecule has 0 amide bonds. The van der Waals surface area contributed by atoms with Crippen molar-refractivity contribution in [3.63, 3.8) is 0 Å². The monoisotopic (exact) mass is 295 g/mol. The first-order valence-corrected chi connectivity index (χ1v) is 6.64. The maximum Gasteiger partial charge on any atom is 0.353 e. The van der Waals surface area contributed by atoms with Crippen molar-refractivity contribution < 1.29 is 19.4 Å². The van der Waals surface area contributed by atoms with Gasteiger partial charge in [-0.15, -0.1) is 0 Å². The van der Waals surface area contributed by atoms with Gasteiger partial charge in [0.2, 0.25) is 0 Å². The van der Waals surface area contributed by atoms with E-state index in [1.54, 1.807) is 48.5 Å². The van der Waals surface area contributed by atoms with Gasteiger partial charge in [0.1, 0.15) is 11.4 Å². The average Bonchev–Trinajstić information content (AvgIpc) is 2.94. The number of carboxylic acid groups (broad SMARTS) is 1. The molecule has 1 N–H and O–H groups in total. The molecule has 0 aliphatic heterocycles. The van der Waals surface area contributed by atoms with Crippen LogP contribution in [0.15, 0.2) is 54.6 Å². The number of ether oxygens (including phenoxy) is 1. The van der Waals surface area contributed by atoms with E-state index in [1.807, 2.05) is 0 Å². The molecule has 3 aromatic rings. The van der Waals surface area contributed by atoms with Gasteiger partial charge < -0.3 is 9.84 Å². The van der Waals surface area contributed by atoms with Crippen molar-refractivity contribution in [2.45, 2.75) is 0 Å². The molecule has 110 valence electrons. The van der Waals surface area contributed by atoms with Crippen LogP contribution in [0.1, 0.15) is 20.8 Å². The Morgan fingerprint density at radius 3 is 2.55 bits per heavy atom. The number of hydrogen-bond acceptors (Lipinski definition) is 3. The largest absolute Gasteiger partial charge is 0.497 e. The molecule has 0 fully saturated rings. The lowest BCUT2D eigenvalue weighted by Gasteiger charge is -2.08. The zero-order valence-electron chi connectivity index (χ0n) is 11.8. The molecule has 2 aromatic carbocycles. The molecule has 0 saturated carbocycles. The molecule has 0 saturated heterocycles. The smallest absolute Gasteiger partial charge is 0.353 e. The summed E-state index contributed by atoms with van der Waals surface area (Å²) in [7, 11) is 1.51. The number of fused-ring (bicyclic) bond motifs is 1. The third kappa shape index (κ3) is 2.22. The maximum absolute atomic E-state index is 12.8. The molecule has 5 heteroatoms. The van der Waals surface area contributed by atoms with Gasteiger partial charge in [0.15, 0.2) is 0 Å². The van der Waals surface area contributed by atoms with E-state index in [1.165, 1.54) is 17.7 Å². The summed E-state index contributed by atoms with van der Waals surface area (Å²) in [6.45, 7) is 0. The van der Waals surface area contributed by atoms with E-state index < -0.39 is 11.9 Å². The predicted octanol–water partition coefficient (Wildman–Crippen LogP) is 3.04. The first-order chi connectivity index (χ1) is 10.6. The van der Waals surface area contributed by atoms with Crippen LogP contribution in [0.4, 0.5) is 0 Å². The summed E-state index contributed by atoms with van der Waals surface area (Å²) in [4.78, 5) is 24.2. The fourth-order valence-corrected chi connectivity index (χ4v) is 2.42. The highest BCUT2D eigenvalue weighted by molar-refractivity contribution is 6.08. The number of methoxy groups -OCH3 is 1. The van der Waals surface area contributed by atoms with Gasteiger partial charge in [-0.3, -0.25) is 9.36 Å². The molecule has 0 aliphatic rings. The lowest BCUT2D eigenvalue weighted by molar-refractivity contribution is 0.0677. The van der Waals surface area contributed by atoms with Crippen LogP contribution in [0.2, 0.25) is 0 Å². The van der Waals surface area contributed by atoms with Crippen LogP contribution in [0.25, 0.3) is 10.9 Å². The second kappa shape index (κ2) is 5.37. The molecule has 0 aliphatic carbocycles. The third-order valence-electron chi connectivity index (χ3n) is 3.45. The fraction of sp³-hybridized carbons (Fsp3) is 0.0588. The second-order valence-corrected chi connectivity index (χ2v) is 4.77. The minimum absolute atomic E-state index is 0.0611. The summed E-state index contributed by atoms with van der Waals surface area (Å²) in [6.07, 6.45) is 0. The fourth-order valence-electron chi connectivity index (χ4n) is 2.42. The Morgan fingerprint density at radius 2 is 1.82 bits per heavy atom. The number of aromatic nitrogens is 1. The van der Waals surface area contributed by atoms with Gasteiger partial charge in [-0.2, -0.15) is 0 Å². The number of benzene rings is 2. The molecule has 1 heterocycles. The molecule has 0 radical (unpaired) electrons. The Bertz CT molecular complexity index is 879. The molecule has 1 aromatic heterocycles. The van der Waals surface area contributed by atoms with E-state index in [4.69, 9.17) is 4.74 Å². The first-order valence-electron chi connectivity index (χ1n) is 6.64. The van der Waals surface area contributed by atoms with E-state index in [0.717, 1.165) is 0 Å². The summed E-state index contributed by atoms with van der Waals surface area (Å²) in [6, 6.07) is 15.2. The van der Waals surface area contributed by atoms with E-state index in [-0.39, 0.29) is 5.69 Å². The summed E-state index contributed by atoms with van der Waals surface area (Å²) >= 11 is 0. The van der Waals surface area contributed by atoms with Crippen molar-refractivity contribution in [2.24, 2.45) is 0 Å². The molecule has 5 nitrogen and oxygen atoms in total. The van der Waals surface area contributed by atoms with Crippen molar-refractivity contribution in [1.82, 2.24) is 4.57 Å². The average molecular weight is 295 g/mol. The van der Waals surface area contributed by atoms with Crippen molar-refractivity contribution in [2.75, 3.05) is 7.11 Å². The van der Waals surface area contributed by atoms with Crippen LogP contribution in [0.5, 0.6) is 5.75 Å². The molecular weight excluding hydrogens is 282 g/mol. The van der Waals surface area contributed by atoms with Gasteiger partial charge in [-0.05, 0) is 30.3 Å². The molecule has 0 atom stereocenters. The second-order valence-electron chi connectivity index (χ2n) is 4.77. The Hall–Kier alpha value is -3.08. The Kier molecular flexibility index (Phi) is 3.39. The van der Waals surface area contributed by atoms with Gasteiger partial charge in [0.05, 0.1) is 12.6 Å². The number of carboxylic acids is 1. The number of carbonyl (C=O) groups excluding carboxylic acids is 1. The Morgan fingerprint density at radius 1 is 1.05 bits per heavy atom. The number of carbonyl (C=O) groups is 2. The van der Waals surface area contributed by atoms with Gasteiger partial charge in [-0.1, -0.05) is 24.3 Å². The summed E-state index contributed by atoms with van der Waals surface area (Å²) in [5, 5.41) is 10.1. The van der Waals surface area contributed by atoms with Crippen LogP contribution >= 0.6 is 0 Å². The van der Waals surface area contributed by atoms with Gasteiger partial charge in [0, 0.05) is 10.9 Å². The summed E-state index contributed by atoms with van der Waals surface area (Å²) in [5.74, 6) is -1.01. The molecule has 0 bridgehead atoms. The minimum atomic E-state index is -1.15. The molecule has 22 heavy (non-hydrogen) atoms. The highest BCUT2D eigenvalue weighted by atomic mass is 16.5. The highest BCUT2D eigenvalue weighted by Gasteiger charge is 2.20. The lowest BCUT2D eigenvalue weighted by Crippen LogP contribution is -2.17. The Balaban J connectivity index is 2.21. The predicted molar refractivity (Wildman–Crippen MR) is 81.6 cm³/mol. The van der Waals surface area contributed by atoms with Crippen LogP contribution < -0.4 is 4.74 Å². The van der Waals surface area contributed by atoms with Crippen molar-refractivity contribution in [1.29, 1.82) is 0 Å². The molecule has 3 rings (SSSR count). The SMILES string of the molecule is COc1cccc(C(=O)n2c(C(=O)O)cc3ccccc32)c1. The van der Waals surface area contributed by atoms with E-state index in [2.05, 4.69) is 0 Å². The third-order valence-corrected chi connectivity index (χ3v) is 3.45. The van der Waals surface area contributed by atoms with Crippen molar-refractivity contribution >= 4 is 22.8 Å². The zero-order valence-corrected chi connectivity index (χ0v) is 11.8. The molecule has 0 unspecified atom stereocenters. The normalized spacial score (nSPS) is 10.6. The van der Waals surface area contributed by atoms with Crippen molar-refractivity contribution in [3.8, 4) is 5.75 Å². The maximum atomic E-state index is 12.8. The molecular formula is C17H13NO4. The first kappa shape index (κ1) is 13.9. The highest BCUT2D eigenvalue weighted by Crippen LogP contribution is 2.22. The van der Waals surface area contributed by atoms with Crippen LogP contribution in [0, 0.1) is 0 Å². The number of aromatic carboxylic acids is 1. The zero-order chi connectivity index (χ0) is 15.7. The van der Waals surface area contributed by atoms with E-state index in [9.17, 15) is 14.7 Å². The quantitative estimate of drug-likeness (QED) is 0.806. The topological polar surface area (TPSA) is 68.5 Å². The Labute approximate surface area is 126 Å². The molecule has 0 spiro atoms. The van der Waals surface area contributed by atoms with Gasteiger partial charge in [-0.25, -0.2) is 4.79 Å². The number of rotatable bonds is 3. The number of hydrogen-bond donors (Lipinski definition) is 1. The van der Waals surface area contributed by atoms with Crippen LogP contribution in [-0.4, -0.2) is 28.7 Å². The number of nitrogens with zero attached hydrogens (tertiary/aromatic N) is 1. The van der Waals surface area contributed by atoms with E-state index in [0.29, 0.717) is 22.2 Å². The van der Waals surface area contributed by atoms with Gasteiger partial charge in [0.25, 0.3) is 5.91 Å². The summed E-state index contributed by atoms with van der Waals surface area (Å²) in [5.41, 5.74) is 0.866. The lowest BCUT2D eigenvalue weighted by atomic mass is 10.2. The van der Waals surface area contributed by atoms with E-state index >= 15 is 0 Å². The van der Waals surface area contributed by atoms with Crippen molar-refractivity contribution in [3.05, 3.63) is 65.9 Å².